The van der Waals surface area contributed by atoms with Crippen molar-refractivity contribution in [3.05, 3.63) is 36.0 Å². The fourth-order valence-corrected chi connectivity index (χ4v) is 14.2. The van der Waals surface area contributed by atoms with Gasteiger partial charge in [0.25, 0.3) is 0 Å². The molecule has 5 rings (SSSR count). The van der Waals surface area contributed by atoms with E-state index in [0.29, 0.717) is 57.6 Å². The second kappa shape index (κ2) is 33.9. The van der Waals surface area contributed by atoms with Gasteiger partial charge in [-0.05, 0) is 156 Å². The Balaban J connectivity index is 0.851. The lowest BCUT2D eigenvalue weighted by atomic mass is 9.47. The topological polar surface area (TPSA) is 95.6 Å². The van der Waals surface area contributed by atoms with Gasteiger partial charge in [0.05, 0.1) is 52.2 Å². The maximum absolute atomic E-state index is 13.0. The van der Waals surface area contributed by atoms with Crippen LogP contribution in [0.15, 0.2) is 36.0 Å². The number of hydrogen-bond acceptors (Lipinski definition) is 8. The first kappa shape index (κ1) is 60.8. The van der Waals surface area contributed by atoms with Crippen LogP contribution in [0.3, 0.4) is 0 Å². The van der Waals surface area contributed by atoms with E-state index < -0.39 is 0 Å². The maximum Gasteiger partial charge on any atom is 0.306 e. The van der Waals surface area contributed by atoms with Crippen LogP contribution in [0, 0.1) is 46.3 Å². The van der Waals surface area contributed by atoms with Crippen LogP contribution >= 0.6 is 0 Å². The number of nitrogens with one attached hydrogen (secondary N) is 1. The van der Waals surface area contributed by atoms with Gasteiger partial charge in [-0.25, -0.2) is 0 Å². The van der Waals surface area contributed by atoms with Gasteiger partial charge in [0.1, 0.15) is 6.10 Å². The van der Waals surface area contributed by atoms with Gasteiger partial charge in [0, 0.05) is 38.6 Å². The zero-order valence-corrected chi connectivity index (χ0v) is 47.6. The number of hydrogen-bond donors (Lipinski definition) is 1. The number of allylic oxidation sites excluding steroid dienone is 5. The Bertz CT molecular complexity index is 1600. The van der Waals surface area contributed by atoms with Crippen molar-refractivity contribution in [3.63, 3.8) is 0 Å². The molecule has 72 heavy (non-hydrogen) atoms. The highest BCUT2D eigenvalue weighted by Crippen LogP contribution is 2.67. The predicted molar refractivity (Wildman–Crippen MR) is 297 cm³/mol. The van der Waals surface area contributed by atoms with Crippen LogP contribution in [0.25, 0.3) is 0 Å². The largest absolute Gasteiger partial charge is 0.462 e. The molecular formula is C63H110N2O7. The summed E-state index contributed by atoms with van der Waals surface area (Å²) in [6.45, 7) is 23.3. The molecule has 1 amide bonds. The van der Waals surface area contributed by atoms with Crippen molar-refractivity contribution in [2.75, 3.05) is 65.9 Å². The van der Waals surface area contributed by atoms with Crippen molar-refractivity contribution >= 4 is 11.9 Å². The maximum atomic E-state index is 13.0. The molecule has 0 aromatic rings. The van der Waals surface area contributed by atoms with E-state index >= 15 is 0 Å². The van der Waals surface area contributed by atoms with Crippen molar-refractivity contribution in [3.8, 4) is 0 Å². The minimum atomic E-state index is -0.259. The fraction of sp³-hybridized carbons (Fsp3) is 0.873. The number of fused-ring (bicyclic) bond motifs is 5. The summed E-state index contributed by atoms with van der Waals surface area (Å²) in [6, 6.07) is 0.595. The summed E-state index contributed by atoms with van der Waals surface area (Å²) < 4.78 is 30.0. The van der Waals surface area contributed by atoms with Crippen LogP contribution in [-0.2, 0) is 33.3 Å². The van der Waals surface area contributed by atoms with E-state index in [-0.39, 0.29) is 42.3 Å². The molecule has 0 aromatic carbocycles. The third kappa shape index (κ3) is 20.5. The van der Waals surface area contributed by atoms with E-state index in [9.17, 15) is 9.59 Å². The second-order valence-electron chi connectivity index (χ2n) is 24.4. The van der Waals surface area contributed by atoms with E-state index in [4.69, 9.17) is 23.7 Å². The zero-order valence-electron chi connectivity index (χ0n) is 47.6. The number of rotatable bonds is 38. The molecule has 3 unspecified atom stereocenters. The standard InChI is InChI=1S/C63H110N2O7/c1-8-9-10-11-12-13-14-15-16-17-18-19-20-21-22-23-41-70-49-55(48-65-40-25-28-52(65)5)71-46-45-69-44-43-68-42-39-64-60(66)33-34-61(67)72-54-35-37-62(6)53(47-54)29-30-56-58-32-31-57(51(4)27-24-26-50(2)3)63(58,7)38-36-59(56)62/h12-13,15-16,29,50-52,54-59H,8-11,14,17-28,30-49H2,1-7H3,(H,64,66)/b13-12-,16-15-/t51-,52?,54+,55?,56+,57-,58+,59?,62+,63-/m1/s1. The van der Waals surface area contributed by atoms with Crippen LogP contribution in [-0.4, -0.2) is 101 Å². The number of likely N-dealkylation sites (tertiary alicyclic amines) is 1. The highest BCUT2D eigenvalue weighted by atomic mass is 16.6. The third-order valence-electron chi connectivity index (χ3n) is 18.6. The molecule has 0 radical (unpaired) electrons. The Morgan fingerprint density at radius 3 is 2.25 bits per heavy atom. The molecule has 9 heteroatoms. The third-order valence-corrected chi connectivity index (χ3v) is 18.6. The Morgan fingerprint density at radius 1 is 0.764 bits per heavy atom. The molecule has 9 nitrogen and oxygen atoms in total. The van der Waals surface area contributed by atoms with Gasteiger partial charge in [0.15, 0.2) is 0 Å². The summed E-state index contributed by atoms with van der Waals surface area (Å²) in [7, 11) is 0. The van der Waals surface area contributed by atoms with E-state index in [0.717, 1.165) is 87.3 Å². The highest BCUT2D eigenvalue weighted by molar-refractivity contribution is 5.81. The molecule has 4 fully saturated rings. The van der Waals surface area contributed by atoms with Crippen LogP contribution in [0.1, 0.15) is 222 Å². The lowest BCUT2D eigenvalue weighted by Gasteiger charge is -2.58. The van der Waals surface area contributed by atoms with E-state index in [1.54, 1.807) is 0 Å². The van der Waals surface area contributed by atoms with Crippen molar-refractivity contribution in [1.29, 1.82) is 0 Å². The number of nitrogens with zero attached hydrogens (tertiary/aromatic N) is 1. The summed E-state index contributed by atoms with van der Waals surface area (Å²) in [4.78, 5) is 28.1. The zero-order chi connectivity index (χ0) is 51.4. The minimum absolute atomic E-state index is 0.0404. The number of esters is 1. The molecule has 1 N–H and O–H groups in total. The molecular weight excluding hydrogens is 897 g/mol. The molecule has 1 aliphatic heterocycles. The molecule has 414 valence electrons. The summed E-state index contributed by atoms with van der Waals surface area (Å²) in [5, 5.41) is 2.90. The first-order chi connectivity index (χ1) is 34.9. The summed E-state index contributed by atoms with van der Waals surface area (Å²) in [5.41, 5.74) is 2.26. The molecule has 3 saturated carbocycles. The monoisotopic (exact) mass is 1010 g/mol. The normalized spacial score (nSPS) is 28.3. The van der Waals surface area contributed by atoms with Crippen LogP contribution in [0.5, 0.6) is 0 Å². The Kier molecular flexibility index (Phi) is 28.6. The molecule has 1 heterocycles. The Hall–Kier alpha value is -2.04. The van der Waals surface area contributed by atoms with E-state index in [2.05, 4.69) is 89.1 Å². The molecule has 4 aliphatic carbocycles. The quantitative estimate of drug-likeness (QED) is 0.0371. The molecule has 0 spiro atoms. The van der Waals surface area contributed by atoms with Gasteiger partial charge in [-0.1, -0.05) is 135 Å². The van der Waals surface area contributed by atoms with Gasteiger partial charge in [-0.3, -0.25) is 14.5 Å². The summed E-state index contributed by atoms with van der Waals surface area (Å²) >= 11 is 0. The first-order valence-electron chi connectivity index (χ1n) is 30.5. The van der Waals surface area contributed by atoms with Crippen molar-refractivity contribution in [2.45, 2.75) is 240 Å². The lowest BCUT2D eigenvalue weighted by Crippen LogP contribution is -2.51. The van der Waals surface area contributed by atoms with Gasteiger partial charge >= 0.3 is 5.97 Å². The molecule has 0 aromatic heterocycles. The van der Waals surface area contributed by atoms with Crippen molar-refractivity contribution in [1.82, 2.24) is 10.2 Å². The number of carbonyl (C=O) groups excluding carboxylic acids is 2. The van der Waals surface area contributed by atoms with Crippen molar-refractivity contribution < 1.29 is 33.3 Å². The number of ether oxygens (including phenoxy) is 5. The second-order valence-corrected chi connectivity index (χ2v) is 24.4. The smallest absolute Gasteiger partial charge is 0.306 e. The van der Waals surface area contributed by atoms with E-state index in [1.807, 2.05) is 0 Å². The minimum Gasteiger partial charge on any atom is -0.462 e. The van der Waals surface area contributed by atoms with Gasteiger partial charge < -0.3 is 29.0 Å². The number of carbonyl (C=O) groups is 2. The Morgan fingerprint density at radius 2 is 1.50 bits per heavy atom. The predicted octanol–water partition coefficient (Wildman–Crippen LogP) is 14.6. The van der Waals surface area contributed by atoms with Gasteiger partial charge in [-0.15, -0.1) is 0 Å². The van der Waals surface area contributed by atoms with E-state index in [1.165, 1.54) is 134 Å². The molecule has 0 bridgehead atoms. The molecule has 5 aliphatic rings. The Labute approximate surface area is 441 Å². The number of amides is 1. The number of unbranched alkanes of at least 4 members (excludes halogenated alkanes) is 9. The average Bonchev–Trinajstić information content (AvgIpc) is 3.94. The SMILES string of the molecule is CCCCC/C=C\C/C=C\CCCCCCCCOCC(CN1CCCC1C)OCCOCCOCCNC(=O)CCC(=O)O[C@H]1CC[C@@]2(C)C(=CC[C@@H]3C2CC[C@]2(C)[C@@H]([C@H](C)CCCC(C)C)CC[C@@H]32)C1. The van der Waals surface area contributed by atoms with Crippen LogP contribution in [0.4, 0.5) is 0 Å². The van der Waals surface area contributed by atoms with Crippen LogP contribution in [0.2, 0.25) is 0 Å². The highest BCUT2D eigenvalue weighted by Gasteiger charge is 2.59. The first-order valence-corrected chi connectivity index (χ1v) is 30.5. The summed E-state index contributed by atoms with van der Waals surface area (Å²) in [5.74, 6) is 4.51. The lowest BCUT2D eigenvalue weighted by molar-refractivity contribution is -0.152. The van der Waals surface area contributed by atoms with Gasteiger partial charge in [0.2, 0.25) is 5.91 Å². The molecule has 1 saturated heterocycles. The van der Waals surface area contributed by atoms with Crippen LogP contribution < -0.4 is 5.32 Å². The van der Waals surface area contributed by atoms with Gasteiger partial charge in [-0.2, -0.15) is 0 Å². The average molecular weight is 1010 g/mol. The molecule has 10 atom stereocenters. The fourth-order valence-electron chi connectivity index (χ4n) is 14.2. The summed E-state index contributed by atoms with van der Waals surface area (Å²) in [6.07, 6.45) is 43.4. The van der Waals surface area contributed by atoms with Crippen molar-refractivity contribution in [2.24, 2.45) is 46.3 Å².